The van der Waals surface area contributed by atoms with Crippen molar-refractivity contribution < 1.29 is 14.3 Å². The number of anilines is 2. The van der Waals surface area contributed by atoms with Crippen molar-refractivity contribution in [2.45, 2.75) is 11.3 Å². The van der Waals surface area contributed by atoms with Crippen molar-refractivity contribution in [3.63, 3.8) is 0 Å². The van der Waals surface area contributed by atoms with E-state index in [0.29, 0.717) is 29.5 Å². The molecule has 9 heteroatoms. The standard InChI is InChI=1S/C27H22N4O3S2/c1-33-26(32)12-14-35-24-16-29-25(31-27-30-21(17-36-27)18-7-3-2-4-8-18)15-23(24)34-22-11-5-10-20-19(22)9-6-13-28-20/h2-11,13,15-17H,12,14H2,1H3,(H,29,30,31). The smallest absolute Gasteiger partial charge is 0.306 e. The molecule has 0 spiro atoms. The summed E-state index contributed by atoms with van der Waals surface area (Å²) in [7, 11) is 1.39. The monoisotopic (exact) mass is 514 g/mol. The van der Waals surface area contributed by atoms with E-state index in [-0.39, 0.29) is 5.97 Å². The van der Waals surface area contributed by atoms with Gasteiger partial charge >= 0.3 is 5.97 Å². The van der Waals surface area contributed by atoms with Gasteiger partial charge in [-0.1, -0.05) is 36.4 Å². The number of esters is 1. The lowest BCUT2D eigenvalue weighted by Gasteiger charge is -2.14. The highest BCUT2D eigenvalue weighted by molar-refractivity contribution is 7.99. The SMILES string of the molecule is COC(=O)CCSc1cnc(Nc2nc(-c3ccccc3)cs2)cc1Oc1cccc2ncccc12. The summed E-state index contributed by atoms with van der Waals surface area (Å²) in [5.41, 5.74) is 2.80. The van der Waals surface area contributed by atoms with Gasteiger partial charge in [0.25, 0.3) is 0 Å². The fourth-order valence-electron chi connectivity index (χ4n) is 3.49. The van der Waals surface area contributed by atoms with Crippen LogP contribution in [0.2, 0.25) is 0 Å². The van der Waals surface area contributed by atoms with Crippen molar-refractivity contribution in [3.8, 4) is 22.8 Å². The number of methoxy groups -OCH3 is 1. The maximum atomic E-state index is 11.6. The van der Waals surface area contributed by atoms with E-state index in [9.17, 15) is 4.79 Å². The van der Waals surface area contributed by atoms with E-state index < -0.39 is 0 Å². The zero-order chi connectivity index (χ0) is 24.7. The Bertz CT molecular complexity index is 1490. The van der Waals surface area contributed by atoms with Crippen LogP contribution >= 0.6 is 23.1 Å². The third-order valence-corrected chi connectivity index (χ3v) is 7.04. The Kier molecular flexibility index (Phi) is 7.39. The molecular weight excluding hydrogens is 492 g/mol. The van der Waals surface area contributed by atoms with Crippen molar-refractivity contribution in [1.82, 2.24) is 15.0 Å². The minimum atomic E-state index is -0.255. The highest BCUT2D eigenvalue weighted by atomic mass is 32.2. The molecule has 0 atom stereocenters. The van der Waals surface area contributed by atoms with Gasteiger partial charge in [0.2, 0.25) is 0 Å². The molecule has 0 bridgehead atoms. The molecule has 2 aromatic carbocycles. The van der Waals surface area contributed by atoms with Crippen LogP contribution in [0.15, 0.2) is 89.4 Å². The molecule has 0 saturated carbocycles. The molecule has 0 saturated heterocycles. The van der Waals surface area contributed by atoms with Gasteiger partial charge in [0.05, 0.1) is 29.6 Å². The molecule has 7 nitrogen and oxygen atoms in total. The van der Waals surface area contributed by atoms with Crippen molar-refractivity contribution in [2.24, 2.45) is 0 Å². The Labute approximate surface area is 216 Å². The van der Waals surface area contributed by atoms with Gasteiger partial charge in [-0.15, -0.1) is 23.1 Å². The first kappa shape index (κ1) is 23.8. The van der Waals surface area contributed by atoms with E-state index in [1.807, 2.05) is 72.1 Å². The highest BCUT2D eigenvalue weighted by Gasteiger charge is 2.13. The number of thioether (sulfide) groups is 1. The third kappa shape index (κ3) is 5.64. The molecule has 3 heterocycles. The van der Waals surface area contributed by atoms with Crippen molar-refractivity contribution in [3.05, 3.63) is 84.5 Å². The van der Waals surface area contributed by atoms with Crippen LogP contribution < -0.4 is 10.1 Å². The van der Waals surface area contributed by atoms with Crippen LogP contribution in [0.3, 0.4) is 0 Å². The molecule has 180 valence electrons. The lowest BCUT2D eigenvalue weighted by molar-refractivity contribution is -0.140. The average Bonchev–Trinajstić information content (AvgIpc) is 3.39. The summed E-state index contributed by atoms with van der Waals surface area (Å²) in [6.45, 7) is 0. The Morgan fingerprint density at radius 3 is 2.78 bits per heavy atom. The second-order valence-corrected chi connectivity index (χ2v) is 9.64. The fraction of sp³-hybridized carbons (Fsp3) is 0.111. The topological polar surface area (TPSA) is 86.2 Å². The zero-order valence-corrected chi connectivity index (χ0v) is 21.0. The predicted octanol–water partition coefficient (Wildman–Crippen LogP) is 6.94. The fourth-order valence-corrected chi connectivity index (χ4v) is 5.08. The van der Waals surface area contributed by atoms with Gasteiger partial charge in [0.15, 0.2) is 5.13 Å². The second kappa shape index (κ2) is 11.2. The molecule has 0 aliphatic heterocycles. The Morgan fingerprint density at radius 2 is 1.92 bits per heavy atom. The van der Waals surface area contributed by atoms with E-state index >= 15 is 0 Å². The van der Waals surface area contributed by atoms with E-state index in [1.54, 1.807) is 12.4 Å². The second-order valence-electron chi connectivity index (χ2n) is 7.65. The summed E-state index contributed by atoms with van der Waals surface area (Å²) in [6, 6.07) is 21.5. The van der Waals surface area contributed by atoms with Gasteiger partial charge in [-0.25, -0.2) is 9.97 Å². The Morgan fingerprint density at radius 1 is 1.03 bits per heavy atom. The van der Waals surface area contributed by atoms with E-state index in [2.05, 4.69) is 15.3 Å². The van der Waals surface area contributed by atoms with Crippen molar-refractivity contribution in [2.75, 3.05) is 18.2 Å². The van der Waals surface area contributed by atoms with Gasteiger partial charge < -0.3 is 14.8 Å². The van der Waals surface area contributed by atoms with Crippen LogP contribution in [-0.4, -0.2) is 33.8 Å². The molecule has 0 unspecified atom stereocenters. The number of ether oxygens (including phenoxy) is 2. The molecular formula is C27H22N4O3S2. The molecule has 0 aliphatic rings. The van der Waals surface area contributed by atoms with Crippen LogP contribution in [0.1, 0.15) is 6.42 Å². The zero-order valence-electron chi connectivity index (χ0n) is 19.4. The first-order valence-corrected chi connectivity index (χ1v) is 13.1. The van der Waals surface area contributed by atoms with Gasteiger partial charge in [0.1, 0.15) is 17.3 Å². The van der Waals surface area contributed by atoms with Crippen molar-refractivity contribution in [1.29, 1.82) is 0 Å². The summed E-state index contributed by atoms with van der Waals surface area (Å²) < 4.78 is 11.1. The normalized spacial score (nSPS) is 10.8. The molecule has 3 aromatic heterocycles. The lowest BCUT2D eigenvalue weighted by atomic mass is 10.2. The van der Waals surface area contributed by atoms with E-state index in [0.717, 1.165) is 32.2 Å². The van der Waals surface area contributed by atoms with E-state index in [1.165, 1.54) is 30.2 Å². The maximum Gasteiger partial charge on any atom is 0.306 e. The molecule has 5 aromatic rings. The summed E-state index contributed by atoms with van der Waals surface area (Å²) in [6.07, 6.45) is 3.79. The number of nitrogens with zero attached hydrogens (tertiary/aromatic N) is 3. The maximum absolute atomic E-state index is 11.6. The number of hydrogen-bond acceptors (Lipinski definition) is 9. The Balaban J connectivity index is 1.42. The predicted molar refractivity (Wildman–Crippen MR) is 144 cm³/mol. The van der Waals surface area contributed by atoms with Crippen LogP contribution in [0.5, 0.6) is 11.5 Å². The Hall–Kier alpha value is -3.95. The number of rotatable bonds is 9. The van der Waals surface area contributed by atoms with Crippen LogP contribution in [0.4, 0.5) is 10.9 Å². The van der Waals surface area contributed by atoms with Crippen LogP contribution in [-0.2, 0) is 9.53 Å². The molecule has 36 heavy (non-hydrogen) atoms. The average molecular weight is 515 g/mol. The first-order valence-electron chi connectivity index (χ1n) is 11.2. The molecule has 0 radical (unpaired) electrons. The molecule has 0 amide bonds. The van der Waals surface area contributed by atoms with Gasteiger partial charge in [-0.3, -0.25) is 9.78 Å². The molecule has 1 N–H and O–H groups in total. The molecule has 0 aliphatic carbocycles. The number of hydrogen-bond donors (Lipinski definition) is 1. The van der Waals surface area contributed by atoms with Gasteiger partial charge in [-0.2, -0.15) is 0 Å². The number of nitrogens with one attached hydrogen (secondary N) is 1. The summed E-state index contributed by atoms with van der Waals surface area (Å²) in [4.78, 5) is 26.1. The summed E-state index contributed by atoms with van der Waals surface area (Å²) in [5, 5.41) is 6.93. The highest BCUT2D eigenvalue weighted by Crippen LogP contribution is 2.37. The number of thiazole rings is 1. The first-order chi connectivity index (χ1) is 17.7. The summed E-state index contributed by atoms with van der Waals surface area (Å²) >= 11 is 2.99. The number of fused-ring (bicyclic) bond motifs is 1. The molecule has 0 fully saturated rings. The van der Waals surface area contributed by atoms with Gasteiger partial charge in [0, 0.05) is 40.5 Å². The largest absolute Gasteiger partial charge is 0.469 e. The number of aromatic nitrogens is 3. The third-order valence-electron chi connectivity index (χ3n) is 5.26. The van der Waals surface area contributed by atoms with Crippen LogP contribution in [0.25, 0.3) is 22.2 Å². The molecule has 5 rings (SSSR count). The minimum Gasteiger partial charge on any atom is -0.469 e. The van der Waals surface area contributed by atoms with Crippen molar-refractivity contribution >= 4 is 50.9 Å². The minimum absolute atomic E-state index is 0.255. The van der Waals surface area contributed by atoms with E-state index in [4.69, 9.17) is 14.5 Å². The quantitative estimate of drug-likeness (QED) is 0.167. The lowest BCUT2D eigenvalue weighted by Crippen LogP contribution is -2.01. The van der Waals surface area contributed by atoms with Crippen LogP contribution in [0, 0.1) is 0 Å². The van der Waals surface area contributed by atoms with Gasteiger partial charge in [-0.05, 0) is 24.3 Å². The number of carbonyl (C=O) groups excluding carboxylic acids is 1. The number of carbonyl (C=O) groups is 1. The summed E-state index contributed by atoms with van der Waals surface area (Å²) in [5.74, 6) is 2.21. The number of pyridine rings is 2. The number of benzene rings is 2.